The van der Waals surface area contributed by atoms with E-state index in [1.807, 2.05) is 0 Å². The summed E-state index contributed by atoms with van der Waals surface area (Å²) in [6.45, 7) is 0.476. The summed E-state index contributed by atoms with van der Waals surface area (Å²) in [4.78, 5) is 10.5. The van der Waals surface area contributed by atoms with Crippen LogP contribution >= 0.6 is 0 Å². The quantitative estimate of drug-likeness (QED) is 0.557. The lowest BCUT2D eigenvalue weighted by atomic mass is 10.2. The average molecular weight is 145 g/mol. The second-order valence-electron chi connectivity index (χ2n) is 2.32. The third-order valence-electron chi connectivity index (χ3n) is 1.61. The van der Waals surface area contributed by atoms with Crippen molar-refractivity contribution in [3.05, 3.63) is 0 Å². The van der Waals surface area contributed by atoms with Crippen LogP contribution < -0.4 is 5.73 Å². The van der Waals surface area contributed by atoms with Gasteiger partial charge in [-0.3, -0.25) is 4.79 Å². The highest BCUT2D eigenvalue weighted by atomic mass is 16.5. The van der Waals surface area contributed by atoms with Gasteiger partial charge in [0.25, 0.3) is 0 Å². The number of ether oxygens (including phenoxy) is 2. The van der Waals surface area contributed by atoms with Gasteiger partial charge in [0.05, 0.1) is 12.7 Å². The Labute approximate surface area is 59.3 Å². The molecule has 1 aliphatic rings. The van der Waals surface area contributed by atoms with Gasteiger partial charge in [-0.25, -0.2) is 0 Å². The zero-order chi connectivity index (χ0) is 7.56. The molecule has 4 nitrogen and oxygen atoms in total. The van der Waals surface area contributed by atoms with Crippen molar-refractivity contribution in [1.29, 1.82) is 0 Å². The minimum Gasteiger partial charge on any atom is -0.379 e. The molecule has 58 valence electrons. The Bertz CT molecular complexity index is 137. The normalized spacial score (nSPS) is 32.5. The van der Waals surface area contributed by atoms with Gasteiger partial charge in [-0.05, 0) is 0 Å². The SMILES string of the molecule is CO[C@H]1CO[C@H](C(N)=O)C1. The zero-order valence-corrected chi connectivity index (χ0v) is 5.87. The number of methoxy groups -OCH3 is 1. The molecule has 2 N–H and O–H groups in total. The van der Waals surface area contributed by atoms with Crippen LogP contribution in [0.3, 0.4) is 0 Å². The van der Waals surface area contributed by atoms with Crippen LogP contribution in [0.15, 0.2) is 0 Å². The van der Waals surface area contributed by atoms with E-state index in [9.17, 15) is 4.79 Å². The molecule has 1 aliphatic heterocycles. The van der Waals surface area contributed by atoms with E-state index < -0.39 is 12.0 Å². The topological polar surface area (TPSA) is 61.6 Å². The highest BCUT2D eigenvalue weighted by molar-refractivity contribution is 5.79. The van der Waals surface area contributed by atoms with E-state index in [2.05, 4.69) is 0 Å². The number of primary amides is 1. The Morgan fingerprint density at radius 3 is 2.80 bits per heavy atom. The summed E-state index contributed by atoms with van der Waals surface area (Å²) in [6.07, 6.45) is 0.189. The largest absolute Gasteiger partial charge is 0.379 e. The van der Waals surface area contributed by atoms with Crippen molar-refractivity contribution in [2.45, 2.75) is 18.6 Å². The summed E-state index contributed by atoms with van der Waals surface area (Å²) in [5.74, 6) is -0.403. The number of hydrogen-bond donors (Lipinski definition) is 1. The second kappa shape index (κ2) is 2.98. The van der Waals surface area contributed by atoms with E-state index >= 15 is 0 Å². The number of hydrogen-bond acceptors (Lipinski definition) is 3. The maximum absolute atomic E-state index is 10.5. The highest BCUT2D eigenvalue weighted by Gasteiger charge is 2.28. The van der Waals surface area contributed by atoms with Crippen molar-refractivity contribution in [3.63, 3.8) is 0 Å². The Hall–Kier alpha value is -0.610. The fourth-order valence-electron chi connectivity index (χ4n) is 0.961. The van der Waals surface area contributed by atoms with Crippen molar-refractivity contribution in [1.82, 2.24) is 0 Å². The Morgan fingerprint density at radius 2 is 2.50 bits per heavy atom. The first-order valence-electron chi connectivity index (χ1n) is 3.17. The van der Waals surface area contributed by atoms with Gasteiger partial charge in [-0.15, -0.1) is 0 Å². The van der Waals surface area contributed by atoms with Crippen LogP contribution in [0.25, 0.3) is 0 Å². The van der Waals surface area contributed by atoms with Crippen molar-refractivity contribution >= 4 is 5.91 Å². The highest BCUT2D eigenvalue weighted by Crippen LogP contribution is 2.14. The van der Waals surface area contributed by atoms with Crippen molar-refractivity contribution in [2.75, 3.05) is 13.7 Å². The molecule has 1 amide bonds. The first-order valence-corrected chi connectivity index (χ1v) is 3.17. The van der Waals surface area contributed by atoms with E-state index in [1.165, 1.54) is 0 Å². The predicted molar refractivity (Wildman–Crippen MR) is 34.3 cm³/mol. The van der Waals surface area contributed by atoms with Crippen LogP contribution in [0, 0.1) is 0 Å². The van der Waals surface area contributed by atoms with Crippen molar-refractivity contribution in [2.24, 2.45) is 5.73 Å². The number of amides is 1. The molecule has 0 radical (unpaired) electrons. The summed E-state index contributed by atoms with van der Waals surface area (Å²) in [5, 5.41) is 0. The molecule has 0 aliphatic carbocycles. The molecule has 1 rings (SSSR count). The molecule has 1 heterocycles. The van der Waals surface area contributed by atoms with Crippen LogP contribution in [0.5, 0.6) is 0 Å². The molecule has 0 aromatic rings. The van der Waals surface area contributed by atoms with Gasteiger partial charge in [0.15, 0.2) is 0 Å². The molecule has 0 bridgehead atoms. The molecule has 0 aromatic carbocycles. The van der Waals surface area contributed by atoms with Crippen molar-refractivity contribution in [3.8, 4) is 0 Å². The summed E-state index contributed by atoms with van der Waals surface area (Å²) in [7, 11) is 1.59. The first kappa shape index (κ1) is 7.50. The minimum absolute atomic E-state index is 0.0394. The fraction of sp³-hybridized carbons (Fsp3) is 0.833. The number of carbonyl (C=O) groups is 1. The number of carbonyl (C=O) groups excluding carboxylic acids is 1. The molecule has 1 saturated heterocycles. The van der Waals surface area contributed by atoms with E-state index in [0.29, 0.717) is 13.0 Å². The van der Waals surface area contributed by atoms with Gasteiger partial charge < -0.3 is 15.2 Å². The molecule has 0 unspecified atom stereocenters. The molecule has 0 aromatic heterocycles. The number of nitrogens with two attached hydrogens (primary N) is 1. The van der Waals surface area contributed by atoms with Crippen LogP contribution in [0.2, 0.25) is 0 Å². The van der Waals surface area contributed by atoms with Gasteiger partial charge in [-0.1, -0.05) is 0 Å². The fourth-order valence-corrected chi connectivity index (χ4v) is 0.961. The maximum atomic E-state index is 10.5. The van der Waals surface area contributed by atoms with Gasteiger partial charge in [0.2, 0.25) is 5.91 Å². The molecule has 0 spiro atoms. The molecular weight excluding hydrogens is 134 g/mol. The van der Waals surface area contributed by atoms with E-state index in [0.717, 1.165) is 0 Å². The molecular formula is C6H11NO3. The maximum Gasteiger partial charge on any atom is 0.246 e. The van der Waals surface area contributed by atoms with Gasteiger partial charge in [0.1, 0.15) is 6.10 Å². The third kappa shape index (κ3) is 1.46. The van der Waals surface area contributed by atoms with Crippen molar-refractivity contribution < 1.29 is 14.3 Å². The molecule has 1 fully saturated rings. The van der Waals surface area contributed by atoms with Gasteiger partial charge in [-0.2, -0.15) is 0 Å². The second-order valence-corrected chi connectivity index (χ2v) is 2.32. The molecule has 2 atom stereocenters. The lowest BCUT2D eigenvalue weighted by molar-refractivity contribution is -0.126. The smallest absolute Gasteiger partial charge is 0.246 e. The Morgan fingerprint density at radius 1 is 1.80 bits per heavy atom. The lowest BCUT2D eigenvalue weighted by Gasteiger charge is -2.02. The van der Waals surface area contributed by atoms with Gasteiger partial charge in [0, 0.05) is 13.5 Å². The third-order valence-corrected chi connectivity index (χ3v) is 1.61. The summed E-state index contributed by atoms with van der Waals surface area (Å²) >= 11 is 0. The first-order chi connectivity index (χ1) is 4.74. The minimum atomic E-state index is -0.440. The summed E-state index contributed by atoms with van der Waals surface area (Å²) in [6, 6.07) is 0. The predicted octanol–water partition coefficient (Wildman–Crippen LogP) is -0.724. The Balaban J connectivity index is 2.35. The standard InChI is InChI=1S/C6H11NO3/c1-9-4-2-5(6(7)8)10-3-4/h4-5H,2-3H2,1H3,(H2,7,8)/t4-,5+/m1/s1. The van der Waals surface area contributed by atoms with Crippen LogP contribution in [0.4, 0.5) is 0 Å². The lowest BCUT2D eigenvalue weighted by Crippen LogP contribution is -2.27. The average Bonchev–Trinajstić information content (AvgIpc) is 2.34. The van der Waals surface area contributed by atoms with Crippen LogP contribution in [-0.4, -0.2) is 31.8 Å². The van der Waals surface area contributed by atoms with E-state index in [1.54, 1.807) is 7.11 Å². The van der Waals surface area contributed by atoms with Crippen LogP contribution in [0.1, 0.15) is 6.42 Å². The van der Waals surface area contributed by atoms with E-state index in [4.69, 9.17) is 15.2 Å². The Kier molecular flexibility index (Phi) is 2.24. The van der Waals surface area contributed by atoms with Crippen LogP contribution in [-0.2, 0) is 14.3 Å². The monoisotopic (exact) mass is 145 g/mol. The molecule has 4 heteroatoms. The van der Waals surface area contributed by atoms with Gasteiger partial charge >= 0.3 is 0 Å². The number of rotatable bonds is 2. The zero-order valence-electron chi connectivity index (χ0n) is 5.87. The summed E-state index contributed by atoms with van der Waals surface area (Å²) < 4.78 is 9.98. The summed E-state index contributed by atoms with van der Waals surface area (Å²) in [5.41, 5.74) is 5.00. The molecule has 10 heavy (non-hydrogen) atoms. The van der Waals surface area contributed by atoms with E-state index in [-0.39, 0.29) is 6.10 Å². The molecule has 0 saturated carbocycles.